The van der Waals surface area contributed by atoms with E-state index in [0.29, 0.717) is 0 Å². The molecule has 0 aromatic heterocycles. The normalized spacial score (nSPS) is 29.3. The van der Waals surface area contributed by atoms with Crippen molar-refractivity contribution in [3.05, 3.63) is 29.3 Å². The van der Waals surface area contributed by atoms with Gasteiger partial charge in [-0.2, -0.15) is 0 Å². The summed E-state index contributed by atoms with van der Waals surface area (Å²) < 4.78 is 11.7. The van der Waals surface area contributed by atoms with Gasteiger partial charge in [0.1, 0.15) is 11.9 Å². The predicted molar refractivity (Wildman–Crippen MR) is 75.8 cm³/mol. The van der Waals surface area contributed by atoms with E-state index in [1.807, 2.05) is 0 Å². The van der Waals surface area contributed by atoms with Crippen LogP contribution in [-0.4, -0.2) is 31.4 Å². The molecule has 1 saturated heterocycles. The Kier molecular flexibility index (Phi) is 3.50. The zero-order valence-electron chi connectivity index (χ0n) is 11.9. The predicted octanol–water partition coefficient (Wildman–Crippen LogP) is 2.46. The maximum absolute atomic E-state index is 5.96. The molecule has 1 aromatic carbocycles. The van der Waals surface area contributed by atoms with Gasteiger partial charge in [0.25, 0.3) is 0 Å². The van der Waals surface area contributed by atoms with Crippen LogP contribution in [0, 0.1) is 6.92 Å². The molecule has 0 saturated carbocycles. The first-order valence-electron chi connectivity index (χ1n) is 7.25. The Morgan fingerprint density at radius 1 is 1.42 bits per heavy atom. The maximum atomic E-state index is 5.96. The van der Waals surface area contributed by atoms with Gasteiger partial charge in [0, 0.05) is 26.1 Å². The average molecular weight is 261 g/mol. The zero-order chi connectivity index (χ0) is 13.3. The van der Waals surface area contributed by atoms with Crippen molar-refractivity contribution in [2.45, 2.75) is 44.8 Å². The smallest absolute Gasteiger partial charge is 0.123 e. The molecule has 2 aliphatic heterocycles. The highest BCUT2D eigenvalue weighted by Crippen LogP contribution is 2.29. The molecule has 3 nitrogen and oxygen atoms in total. The summed E-state index contributed by atoms with van der Waals surface area (Å²) in [4.78, 5) is 0. The molecule has 1 fully saturated rings. The van der Waals surface area contributed by atoms with Gasteiger partial charge in [0.2, 0.25) is 0 Å². The molecule has 1 aromatic rings. The third-order valence-corrected chi connectivity index (χ3v) is 4.13. The minimum atomic E-state index is 0.0298. The number of rotatable bonds is 4. The highest BCUT2D eigenvalue weighted by Gasteiger charge is 2.30. The Morgan fingerprint density at radius 2 is 2.32 bits per heavy atom. The molecule has 104 valence electrons. The van der Waals surface area contributed by atoms with Crippen molar-refractivity contribution in [3.63, 3.8) is 0 Å². The molecule has 2 aliphatic rings. The van der Waals surface area contributed by atoms with Gasteiger partial charge in [-0.05, 0) is 38.3 Å². The molecule has 3 heteroatoms. The molecule has 19 heavy (non-hydrogen) atoms. The largest absolute Gasteiger partial charge is 0.488 e. The fourth-order valence-electron chi connectivity index (χ4n) is 3.04. The van der Waals surface area contributed by atoms with Crippen molar-refractivity contribution in [3.8, 4) is 5.75 Å². The van der Waals surface area contributed by atoms with E-state index in [2.05, 4.69) is 37.4 Å². The van der Waals surface area contributed by atoms with E-state index in [0.717, 1.165) is 38.3 Å². The third kappa shape index (κ3) is 2.93. The van der Waals surface area contributed by atoms with E-state index in [4.69, 9.17) is 9.47 Å². The van der Waals surface area contributed by atoms with Gasteiger partial charge in [-0.1, -0.05) is 17.7 Å². The zero-order valence-corrected chi connectivity index (χ0v) is 11.9. The molecule has 0 radical (unpaired) electrons. The van der Waals surface area contributed by atoms with Crippen molar-refractivity contribution in [1.29, 1.82) is 0 Å². The Labute approximate surface area is 115 Å². The fraction of sp³-hybridized carbons (Fsp3) is 0.625. The molecular weight excluding hydrogens is 238 g/mol. The number of nitrogens with one attached hydrogen (secondary N) is 1. The summed E-state index contributed by atoms with van der Waals surface area (Å²) in [5, 5.41) is 3.51. The number of benzene rings is 1. The van der Waals surface area contributed by atoms with Crippen LogP contribution in [0.5, 0.6) is 5.75 Å². The Balaban J connectivity index is 1.48. The van der Waals surface area contributed by atoms with Crippen LogP contribution in [0.25, 0.3) is 0 Å². The monoisotopic (exact) mass is 261 g/mol. The van der Waals surface area contributed by atoms with Crippen LogP contribution in [0.2, 0.25) is 0 Å². The summed E-state index contributed by atoms with van der Waals surface area (Å²) >= 11 is 0. The second kappa shape index (κ2) is 5.14. The lowest BCUT2D eigenvalue weighted by Crippen LogP contribution is -2.41. The van der Waals surface area contributed by atoms with Gasteiger partial charge in [0.15, 0.2) is 0 Å². The second-order valence-corrected chi connectivity index (χ2v) is 6.09. The van der Waals surface area contributed by atoms with E-state index in [9.17, 15) is 0 Å². The molecular formula is C16H23NO2. The van der Waals surface area contributed by atoms with Crippen LogP contribution in [0.3, 0.4) is 0 Å². The summed E-state index contributed by atoms with van der Waals surface area (Å²) in [7, 11) is 0. The first-order chi connectivity index (χ1) is 9.15. The molecule has 2 unspecified atom stereocenters. The maximum Gasteiger partial charge on any atom is 0.123 e. The summed E-state index contributed by atoms with van der Waals surface area (Å²) in [6.07, 6.45) is 3.62. The summed E-state index contributed by atoms with van der Waals surface area (Å²) in [5.41, 5.74) is 2.68. The van der Waals surface area contributed by atoms with Gasteiger partial charge in [0.05, 0.1) is 5.60 Å². The summed E-state index contributed by atoms with van der Waals surface area (Å²) in [5.74, 6) is 1.06. The van der Waals surface area contributed by atoms with E-state index in [1.165, 1.54) is 17.5 Å². The number of ether oxygens (including phenoxy) is 2. The van der Waals surface area contributed by atoms with Crippen molar-refractivity contribution in [2.24, 2.45) is 0 Å². The van der Waals surface area contributed by atoms with Crippen LogP contribution < -0.4 is 10.1 Å². The van der Waals surface area contributed by atoms with Gasteiger partial charge < -0.3 is 14.8 Å². The van der Waals surface area contributed by atoms with Crippen molar-refractivity contribution < 1.29 is 9.47 Å². The lowest BCUT2D eigenvalue weighted by Gasteiger charge is -2.24. The molecule has 0 aliphatic carbocycles. The van der Waals surface area contributed by atoms with E-state index < -0.39 is 0 Å². The molecule has 2 heterocycles. The highest BCUT2D eigenvalue weighted by atomic mass is 16.5. The third-order valence-electron chi connectivity index (χ3n) is 4.13. The Hall–Kier alpha value is -1.06. The van der Waals surface area contributed by atoms with E-state index in [1.54, 1.807) is 0 Å². The number of fused-ring (bicyclic) bond motifs is 1. The van der Waals surface area contributed by atoms with E-state index in [-0.39, 0.29) is 11.7 Å². The molecule has 0 spiro atoms. The lowest BCUT2D eigenvalue weighted by molar-refractivity contribution is 0.0194. The van der Waals surface area contributed by atoms with E-state index >= 15 is 0 Å². The minimum Gasteiger partial charge on any atom is -0.488 e. The van der Waals surface area contributed by atoms with Crippen molar-refractivity contribution >= 4 is 0 Å². The van der Waals surface area contributed by atoms with Crippen molar-refractivity contribution in [1.82, 2.24) is 5.32 Å². The van der Waals surface area contributed by atoms with Crippen LogP contribution in [-0.2, 0) is 11.2 Å². The van der Waals surface area contributed by atoms with Gasteiger partial charge in [-0.3, -0.25) is 0 Å². The summed E-state index contributed by atoms with van der Waals surface area (Å²) in [6, 6.07) is 6.44. The Bertz CT molecular complexity index is 452. The second-order valence-electron chi connectivity index (χ2n) is 6.09. The minimum absolute atomic E-state index is 0.0298. The van der Waals surface area contributed by atoms with Gasteiger partial charge >= 0.3 is 0 Å². The molecule has 0 bridgehead atoms. The van der Waals surface area contributed by atoms with Gasteiger partial charge in [-0.15, -0.1) is 0 Å². The topological polar surface area (TPSA) is 30.5 Å². The fourth-order valence-corrected chi connectivity index (χ4v) is 3.04. The molecule has 1 N–H and O–H groups in total. The first kappa shape index (κ1) is 12.9. The quantitative estimate of drug-likeness (QED) is 0.903. The van der Waals surface area contributed by atoms with Crippen molar-refractivity contribution in [2.75, 3.05) is 19.7 Å². The number of aryl methyl sites for hydroxylation is 1. The first-order valence-corrected chi connectivity index (χ1v) is 7.25. The van der Waals surface area contributed by atoms with Crippen LogP contribution in [0.1, 0.15) is 30.9 Å². The van der Waals surface area contributed by atoms with Crippen LogP contribution in [0.4, 0.5) is 0 Å². The standard InChI is InChI=1S/C16H23NO2/c1-12-4-5-15-13(8-12)9-14(19-15)10-17-11-16(2)6-3-7-18-16/h4-5,8,14,17H,3,6-7,9-11H2,1-2H3. The van der Waals surface area contributed by atoms with Crippen LogP contribution in [0.15, 0.2) is 18.2 Å². The molecule has 3 rings (SSSR count). The SMILES string of the molecule is Cc1ccc2c(c1)CC(CNCC1(C)CCCO1)O2. The average Bonchev–Trinajstić information content (AvgIpc) is 2.95. The number of hydrogen-bond acceptors (Lipinski definition) is 3. The molecule has 0 amide bonds. The molecule has 2 atom stereocenters. The highest BCUT2D eigenvalue weighted by molar-refractivity contribution is 5.40. The number of hydrogen-bond donors (Lipinski definition) is 1. The summed E-state index contributed by atoms with van der Waals surface area (Å²) in [6.45, 7) is 7.04. The van der Waals surface area contributed by atoms with Crippen LogP contribution >= 0.6 is 0 Å². The van der Waals surface area contributed by atoms with Gasteiger partial charge in [-0.25, -0.2) is 0 Å². The lowest BCUT2D eigenvalue weighted by atomic mass is 10.0. The Morgan fingerprint density at radius 3 is 3.11 bits per heavy atom.